The molecule has 0 spiro atoms. The van der Waals surface area contributed by atoms with Crippen LogP contribution in [-0.2, 0) is 16.4 Å². The smallest absolute Gasteiger partial charge is 0.232 e. The number of halogens is 3. The van der Waals surface area contributed by atoms with Crippen LogP contribution >= 0.6 is 11.6 Å². The number of pyridine rings is 1. The lowest BCUT2D eigenvalue weighted by atomic mass is 9.99. The van der Waals surface area contributed by atoms with Crippen molar-refractivity contribution in [2.45, 2.75) is 25.9 Å². The monoisotopic (exact) mass is 533 g/mol. The minimum atomic E-state index is -3.85. The standard InChI is InChI=1S/C25H22ClF2N3O4S/c1-2-9-36(34,35)31-20-8-7-19(27)22(23(20)28)21(32)11-14-10-17-18(13-30-25(17)29-12-14)24(33)15-3-5-16(26)6-4-15/h3-8,10,12-13,24,31,33H,2,9,11H2,1H3,(H,29,30). The number of benzene rings is 2. The summed E-state index contributed by atoms with van der Waals surface area (Å²) < 4.78 is 55.5. The van der Waals surface area contributed by atoms with Gasteiger partial charge in [-0.05, 0) is 47.9 Å². The zero-order chi connectivity index (χ0) is 26.0. The molecule has 188 valence electrons. The zero-order valence-corrected chi connectivity index (χ0v) is 20.6. The first kappa shape index (κ1) is 25.7. The van der Waals surface area contributed by atoms with E-state index in [-0.39, 0.29) is 5.75 Å². The van der Waals surface area contributed by atoms with Gasteiger partial charge in [0.05, 0.1) is 17.0 Å². The topological polar surface area (TPSA) is 112 Å². The van der Waals surface area contributed by atoms with Crippen molar-refractivity contribution in [1.29, 1.82) is 0 Å². The number of aromatic amines is 1. The second kappa shape index (κ2) is 10.3. The highest BCUT2D eigenvalue weighted by molar-refractivity contribution is 7.92. The van der Waals surface area contributed by atoms with E-state index < -0.39 is 51.2 Å². The number of aliphatic hydroxyl groups excluding tert-OH is 1. The largest absolute Gasteiger partial charge is 0.384 e. The van der Waals surface area contributed by atoms with Gasteiger partial charge in [0.1, 0.15) is 17.6 Å². The highest BCUT2D eigenvalue weighted by Crippen LogP contribution is 2.30. The summed E-state index contributed by atoms with van der Waals surface area (Å²) in [6.45, 7) is 1.64. The molecule has 0 aliphatic rings. The maximum absolute atomic E-state index is 15.0. The van der Waals surface area contributed by atoms with Crippen LogP contribution < -0.4 is 4.72 Å². The van der Waals surface area contributed by atoms with Gasteiger partial charge in [0.25, 0.3) is 0 Å². The van der Waals surface area contributed by atoms with E-state index in [1.165, 1.54) is 6.20 Å². The second-order valence-corrected chi connectivity index (χ2v) is 10.5. The minimum Gasteiger partial charge on any atom is -0.384 e. The summed E-state index contributed by atoms with van der Waals surface area (Å²) >= 11 is 5.92. The second-order valence-electron chi connectivity index (χ2n) is 8.24. The van der Waals surface area contributed by atoms with Crippen LogP contribution in [0.1, 0.15) is 46.5 Å². The highest BCUT2D eigenvalue weighted by atomic mass is 35.5. The van der Waals surface area contributed by atoms with E-state index in [0.29, 0.717) is 39.2 Å². The fraction of sp³-hybridized carbons (Fsp3) is 0.200. The number of aliphatic hydroxyl groups is 1. The molecule has 0 radical (unpaired) electrons. The quantitative estimate of drug-likeness (QED) is 0.257. The van der Waals surface area contributed by atoms with Crippen LogP contribution in [0.3, 0.4) is 0 Å². The number of rotatable bonds is 9. The molecule has 0 aliphatic carbocycles. The molecular formula is C25H22ClF2N3O4S. The molecule has 36 heavy (non-hydrogen) atoms. The number of hydrogen-bond donors (Lipinski definition) is 3. The molecule has 1 atom stereocenters. The zero-order valence-electron chi connectivity index (χ0n) is 19.1. The number of hydrogen-bond acceptors (Lipinski definition) is 5. The van der Waals surface area contributed by atoms with E-state index in [4.69, 9.17) is 11.6 Å². The summed E-state index contributed by atoms with van der Waals surface area (Å²) in [5.41, 5.74) is 0.557. The Bertz CT molecular complexity index is 1540. The van der Waals surface area contributed by atoms with Crippen molar-refractivity contribution in [2.75, 3.05) is 10.5 Å². The molecule has 0 saturated heterocycles. The van der Waals surface area contributed by atoms with Crippen molar-refractivity contribution >= 4 is 44.1 Å². The highest BCUT2D eigenvalue weighted by Gasteiger charge is 2.24. The molecule has 7 nitrogen and oxygen atoms in total. The van der Waals surface area contributed by atoms with E-state index in [1.54, 1.807) is 43.5 Å². The molecule has 2 heterocycles. The van der Waals surface area contributed by atoms with Crippen LogP contribution in [0, 0.1) is 11.6 Å². The van der Waals surface area contributed by atoms with Crippen molar-refractivity contribution in [3.8, 4) is 0 Å². The Hall–Kier alpha value is -3.34. The van der Waals surface area contributed by atoms with Crippen LogP contribution in [0.15, 0.2) is 54.9 Å². The van der Waals surface area contributed by atoms with E-state index in [0.717, 1.165) is 12.1 Å². The molecule has 11 heteroatoms. The first-order valence-electron chi connectivity index (χ1n) is 11.0. The number of Topliss-reactive ketones (excluding diaryl/α,β-unsaturated/α-hetero) is 1. The molecular weight excluding hydrogens is 512 g/mol. The van der Waals surface area contributed by atoms with Crippen LogP contribution in [0.2, 0.25) is 5.02 Å². The lowest BCUT2D eigenvalue weighted by Crippen LogP contribution is -2.19. The molecule has 0 amide bonds. The molecule has 0 fully saturated rings. The van der Waals surface area contributed by atoms with Gasteiger partial charge in [0, 0.05) is 34.8 Å². The third-order valence-corrected chi connectivity index (χ3v) is 7.30. The molecule has 3 N–H and O–H groups in total. The van der Waals surface area contributed by atoms with Crippen molar-refractivity contribution < 1.29 is 27.1 Å². The van der Waals surface area contributed by atoms with Gasteiger partial charge in [0.15, 0.2) is 11.6 Å². The predicted molar refractivity (Wildman–Crippen MR) is 134 cm³/mol. The van der Waals surface area contributed by atoms with Crippen molar-refractivity contribution in [3.63, 3.8) is 0 Å². The minimum absolute atomic E-state index is 0.250. The Morgan fingerprint density at radius 1 is 1.19 bits per heavy atom. The number of carbonyl (C=O) groups excluding carboxylic acids is 1. The average Bonchev–Trinajstić information content (AvgIpc) is 3.24. The summed E-state index contributed by atoms with van der Waals surface area (Å²) in [4.78, 5) is 20.1. The summed E-state index contributed by atoms with van der Waals surface area (Å²) in [6, 6.07) is 10.0. The number of fused-ring (bicyclic) bond motifs is 1. The number of nitrogens with one attached hydrogen (secondary N) is 2. The van der Waals surface area contributed by atoms with E-state index in [1.807, 2.05) is 0 Å². The number of ketones is 1. The number of nitrogens with zero attached hydrogens (tertiary/aromatic N) is 1. The maximum atomic E-state index is 15.0. The lowest BCUT2D eigenvalue weighted by Gasteiger charge is -2.12. The molecule has 4 aromatic rings. The van der Waals surface area contributed by atoms with Gasteiger partial charge in [-0.2, -0.15) is 0 Å². The number of H-pyrrole nitrogens is 1. The number of sulfonamides is 1. The van der Waals surface area contributed by atoms with Crippen LogP contribution in [0.25, 0.3) is 11.0 Å². The summed E-state index contributed by atoms with van der Waals surface area (Å²) in [7, 11) is -3.85. The van der Waals surface area contributed by atoms with E-state index >= 15 is 0 Å². The van der Waals surface area contributed by atoms with Gasteiger partial charge in [-0.3, -0.25) is 9.52 Å². The van der Waals surface area contributed by atoms with Gasteiger partial charge in [-0.1, -0.05) is 30.7 Å². The van der Waals surface area contributed by atoms with Crippen molar-refractivity contribution in [3.05, 3.63) is 93.8 Å². The van der Waals surface area contributed by atoms with E-state index in [2.05, 4.69) is 14.7 Å². The SMILES string of the molecule is CCCS(=O)(=O)Nc1ccc(F)c(C(=O)Cc2cnc3[nH]cc(C(O)c4ccc(Cl)cc4)c3c2)c1F. The number of carbonyl (C=O) groups is 1. The molecule has 4 rings (SSSR count). The van der Waals surface area contributed by atoms with Crippen LogP contribution in [0.5, 0.6) is 0 Å². The summed E-state index contributed by atoms with van der Waals surface area (Å²) in [6.07, 6.45) is 1.87. The summed E-state index contributed by atoms with van der Waals surface area (Å²) in [5.74, 6) is -3.53. The fourth-order valence-electron chi connectivity index (χ4n) is 3.86. The Morgan fingerprint density at radius 2 is 1.92 bits per heavy atom. The van der Waals surface area contributed by atoms with Gasteiger partial charge < -0.3 is 10.1 Å². The summed E-state index contributed by atoms with van der Waals surface area (Å²) in [5, 5.41) is 11.9. The van der Waals surface area contributed by atoms with Gasteiger partial charge in [-0.25, -0.2) is 22.2 Å². The molecule has 2 aromatic carbocycles. The molecule has 2 aromatic heterocycles. The van der Waals surface area contributed by atoms with Crippen LogP contribution in [-0.4, -0.2) is 35.0 Å². The molecule has 0 bridgehead atoms. The van der Waals surface area contributed by atoms with Crippen LogP contribution in [0.4, 0.5) is 14.5 Å². The van der Waals surface area contributed by atoms with Crippen molar-refractivity contribution in [1.82, 2.24) is 9.97 Å². The third kappa shape index (κ3) is 5.40. The van der Waals surface area contributed by atoms with Crippen molar-refractivity contribution in [2.24, 2.45) is 0 Å². The Balaban J connectivity index is 1.63. The number of anilines is 1. The Morgan fingerprint density at radius 3 is 2.61 bits per heavy atom. The Labute approximate surface area is 211 Å². The van der Waals surface area contributed by atoms with Gasteiger partial charge in [0.2, 0.25) is 10.0 Å². The molecule has 0 aliphatic heterocycles. The maximum Gasteiger partial charge on any atom is 0.232 e. The first-order valence-corrected chi connectivity index (χ1v) is 13.0. The number of aromatic nitrogens is 2. The predicted octanol–water partition coefficient (Wildman–Crippen LogP) is 5.15. The molecule has 1 unspecified atom stereocenters. The van der Waals surface area contributed by atoms with Gasteiger partial charge in [-0.15, -0.1) is 0 Å². The first-order chi connectivity index (χ1) is 17.1. The van der Waals surface area contributed by atoms with Gasteiger partial charge >= 0.3 is 0 Å². The molecule has 0 saturated carbocycles. The average molecular weight is 534 g/mol. The van der Waals surface area contributed by atoms with E-state index in [9.17, 15) is 27.1 Å². The fourth-order valence-corrected chi connectivity index (χ4v) is 5.12. The lowest BCUT2D eigenvalue weighted by molar-refractivity contribution is 0.0985. The normalized spacial score (nSPS) is 12.6. The third-order valence-electron chi connectivity index (χ3n) is 5.57. The Kier molecular flexibility index (Phi) is 7.39.